The summed E-state index contributed by atoms with van der Waals surface area (Å²) in [4.78, 5) is 26.0. The Morgan fingerprint density at radius 1 is 1.25 bits per heavy atom. The van der Waals surface area contributed by atoms with E-state index in [0.717, 1.165) is 19.3 Å². The van der Waals surface area contributed by atoms with Gasteiger partial charge in [0.2, 0.25) is 0 Å². The molecule has 2 atom stereocenters. The van der Waals surface area contributed by atoms with Gasteiger partial charge in [0.25, 0.3) is 0 Å². The van der Waals surface area contributed by atoms with Crippen molar-refractivity contribution in [2.75, 3.05) is 5.32 Å². The van der Waals surface area contributed by atoms with Crippen LogP contribution in [0.4, 0.5) is 5.69 Å². The molecular weight excluding hydrogens is 276 g/mol. The van der Waals surface area contributed by atoms with Gasteiger partial charge in [-0.25, -0.2) is 0 Å². The summed E-state index contributed by atoms with van der Waals surface area (Å²) in [6, 6.07) is 6.99. The van der Waals surface area contributed by atoms with Crippen LogP contribution < -0.4 is 5.32 Å². The first-order chi connectivity index (χ1) is 9.49. The summed E-state index contributed by atoms with van der Waals surface area (Å²) in [7, 11) is 0. The largest absolute Gasteiger partial charge is 0.329 e. The molecule has 0 bridgehead atoms. The standard InChI is InChI=1S/C15H19ClN2O2/c1-10-5-3-6-11(2)18(10)15(20)14(19)17-13-8-4-7-12(16)9-13/h4,7-11H,3,5-6H2,1-2H3,(H,17,19). The van der Waals surface area contributed by atoms with Gasteiger partial charge in [-0.2, -0.15) is 0 Å². The van der Waals surface area contributed by atoms with Crippen molar-refractivity contribution >= 4 is 29.1 Å². The molecule has 2 unspecified atom stereocenters. The van der Waals surface area contributed by atoms with E-state index in [1.54, 1.807) is 29.2 Å². The van der Waals surface area contributed by atoms with Crippen LogP contribution in [0.5, 0.6) is 0 Å². The SMILES string of the molecule is CC1CCCC(C)N1C(=O)C(=O)Nc1cccc(Cl)c1. The predicted molar refractivity (Wildman–Crippen MR) is 79.7 cm³/mol. The van der Waals surface area contributed by atoms with Crippen LogP contribution in [0.15, 0.2) is 24.3 Å². The number of halogens is 1. The Labute approximate surface area is 124 Å². The molecule has 108 valence electrons. The maximum atomic E-state index is 12.3. The maximum Gasteiger partial charge on any atom is 0.313 e. The molecule has 0 aromatic heterocycles. The van der Waals surface area contributed by atoms with Gasteiger partial charge in [-0.05, 0) is 51.3 Å². The molecule has 1 heterocycles. The van der Waals surface area contributed by atoms with Gasteiger partial charge < -0.3 is 10.2 Å². The second kappa shape index (κ2) is 6.27. The molecular formula is C15H19ClN2O2. The number of hydrogen-bond acceptors (Lipinski definition) is 2. The Morgan fingerprint density at radius 3 is 2.50 bits per heavy atom. The molecule has 1 aliphatic heterocycles. The first-order valence-corrected chi connectivity index (χ1v) is 7.26. The van der Waals surface area contributed by atoms with E-state index in [0.29, 0.717) is 10.7 Å². The van der Waals surface area contributed by atoms with Gasteiger partial charge >= 0.3 is 11.8 Å². The van der Waals surface area contributed by atoms with Gasteiger partial charge in [0.1, 0.15) is 0 Å². The van der Waals surface area contributed by atoms with Gasteiger partial charge in [-0.1, -0.05) is 17.7 Å². The van der Waals surface area contributed by atoms with Crippen molar-refractivity contribution < 1.29 is 9.59 Å². The molecule has 2 rings (SSSR count). The zero-order chi connectivity index (χ0) is 14.7. The number of rotatable bonds is 1. The Hall–Kier alpha value is -1.55. The van der Waals surface area contributed by atoms with Crippen molar-refractivity contribution in [2.45, 2.75) is 45.2 Å². The van der Waals surface area contributed by atoms with E-state index in [1.165, 1.54) is 0 Å². The van der Waals surface area contributed by atoms with E-state index in [2.05, 4.69) is 5.32 Å². The van der Waals surface area contributed by atoms with Gasteiger partial charge in [0.15, 0.2) is 0 Å². The zero-order valence-electron chi connectivity index (χ0n) is 11.7. The van der Waals surface area contributed by atoms with Crippen LogP contribution in [-0.4, -0.2) is 28.8 Å². The predicted octanol–water partition coefficient (Wildman–Crippen LogP) is 3.07. The summed E-state index contributed by atoms with van der Waals surface area (Å²) >= 11 is 5.86. The Bertz CT molecular complexity index is 508. The highest BCUT2D eigenvalue weighted by Gasteiger charge is 2.32. The van der Waals surface area contributed by atoms with Gasteiger partial charge in [-0.15, -0.1) is 0 Å². The lowest BCUT2D eigenvalue weighted by molar-refractivity contribution is -0.147. The molecule has 5 heteroatoms. The highest BCUT2D eigenvalue weighted by atomic mass is 35.5. The minimum absolute atomic E-state index is 0.108. The molecule has 1 saturated heterocycles. The molecule has 0 aliphatic carbocycles. The number of piperidine rings is 1. The number of likely N-dealkylation sites (tertiary alicyclic amines) is 1. The molecule has 20 heavy (non-hydrogen) atoms. The number of carbonyl (C=O) groups is 2. The van der Waals surface area contributed by atoms with Gasteiger partial charge in [0, 0.05) is 22.8 Å². The lowest BCUT2D eigenvalue weighted by Gasteiger charge is -2.38. The number of hydrogen-bond donors (Lipinski definition) is 1. The number of amides is 2. The smallest absolute Gasteiger partial charge is 0.313 e. The van der Waals surface area contributed by atoms with Crippen molar-refractivity contribution in [3.8, 4) is 0 Å². The molecule has 0 radical (unpaired) electrons. The molecule has 1 aromatic carbocycles. The molecule has 4 nitrogen and oxygen atoms in total. The van der Waals surface area contributed by atoms with Crippen molar-refractivity contribution in [3.63, 3.8) is 0 Å². The minimum atomic E-state index is -0.604. The molecule has 0 saturated carbocycles. The highest BCUT2D eigenvalue weighted by Crippen LogP contribution is 2.23. The normalized spacial score (nSPS) is 22.4. The Balaban J connectivity index is 2.06. The second-order valence-electron chi connectivity index (χ2n) is 5.31. The van der Waals surface area contributed by atoms with E-state index in [4.69, 9.17) is 11.6 Å². The molecule has 0 spiro atoms. The van der Waals surface area contributed by atoms with Crippen LogP contribution in [-0.2, 0) is 9.59 Å². The van der Waals surface area contributed by atoms with Crippen LogP contribution in [0, 0.1) is 0 Å². The molecule has 1 N–H and O–H groups in total. The number of nitrogens with zero attached hydrogens (tertiary/aromatic N) is 1. The lowest BCUT2D eigenvalue weighted by atomic mass is 9.97. The summed E-state index contributed by atoms with van der Waals surface area (Å²) in [6.45, 7) is 3.97. The third kappa shape index (κ3) is 3.31. The van der Waals surface area contributed by atoms with Gasteiger partial charge in [-0.3, -0.25) is 9.59 Å². The van der Waals surface area contributed by atoms with Crippen LogP contribution in [0.25, 0.3) is 0 Å². The first-order valence-electron chi connectivity index (χ1n) is 6.88. The second-order valence-corrected chi connectivity index (χ2v) is 5.74. The minimum Gasteiger partial charge on any atom is -0.329 e. The lowest BCUT2D eigenvalue weighted by Crippen LogP contribution is -2.51. The fourth-order valence-electron chi connectivity index (χ4n) is 2.69. The van der Waals surface area contributed by atoms with E-state index in [9.17, 15) is 9.59 Å². The maximum absolute atomic E-state index is 12.3. The van der Waals surface area contributed by atoms with E-state index in [-0.39, 0.29) is 12.1 Å². The number of nitrogens with one attached hydrogen (secondary N) is 1. The summed E-state index contributed by atoms with van der Waals surface area (Å²) < 4.78 is 0. The van der Waals surface area contributed by atoms with Crippen LogP contribution in [0.1, 0.15) is 33.1 Å². The summed E-state index contributed by atoms with van der Waals surface area (Å²) in [5, 5.41) is 3.13. The summed E-state index contributed by atoms with van der Waals surface area (Å²) in [5.41, 5.74) is 0.535. The van der Waals surface area contributed by atoms with Crippen molar-refractivity contribution in [3.05, 3.63) is 29.3 Å². The van der Waals surface area contributed by atoms with Crippen molar-refractivity contribution in [1.82, 2.24) is 4.90 Å². The first kappa shape index (κ1) is 14.9. The number of benzene rings is 1. The van der Waals surface area contributed by atoms with Crippen molar-refractivity contribution in [1.29, 1.82) is 0 Å². The highest BCUT2D eigenvalue weighted by molar-refractivity contribution is 6.40. The Kier molecular flexibility index (Phi) is 4.65. The number of carbonyl (C=O) groups excluding carboxylic acids is 2. The Morgan fingerprint density at radius 2 is 1.90 bits per heavy atom. The topological polar surface area (TPSA) is 49.4 Å². The number of anilines is 1. The molecule has 1 fully saturated rings. The van der Waals surface area contributed by atoms with E-state index >= 15 is 0 Å². The third-order valence-corrected chi connectivity index (χ3v) is 3.94. The fourth-order valence-corrected chi connectivity index (χ4v) is 2.88. The summed E-state index contributed by atoms with van der Waals surface area (Å²) in [6.07, 6.45) is 2.99. The van der Waals surface area contributed by atoms with Crippen molar-refractivity contribution in [2.24, 2.45) is 0 Å². The average molecular weight is 295 g/mol. The molecule has 1 aromatic rings. The quantitative estimate of drug-likeness (QED) is 0.809. The average Bonchev–Trinajstić information content (AvgIpc) is 2.38. The van der Waals surface area contributed by atoms with E-state index < -0.39 is 11.8 Å². The molecule has 2 amide bonds. The van der Waals surface area contributed by atoms with Crippen LogP contribution >= 0.6 is 11.6 Å². The van der Waals surface area contributed by atoms with Crippen LogP contribution in [0.3, 0.4) is 0 Å². The molecule has 1 aliphatic rings. The fraction of sp³-hybridized carbons (Fsp3) is 0.467. The zero-order valence-corrected chi connectivity index (χ0v) is 12.5. The van der Waals surface area contributed by atoms with Crippen LogP contribution in [0.2, 0.25) is 5.02 Å². The van der Waals surface area contributed by atoms with E-state index in [1.807, 2.05) is 13.8 Å². The monoisotopic (exact) mass is 294 g/mol. The summed E-state index contributed by atoms with van der Waals surface area (Å²) in [5.74, 6) is -1.07. The van der Waals surface area contributed by atoms with Gasteiger partial charge in [0.05, 0.1) is 0 Å². The third-order valence-electron chi connectivity index (χ3n) is 3.70.